The van der Waals surface area contributed by atoms with Gasteiger partial charge in [0.25, 0.3) is 0 Å². The molecule has 13 rings (SSSR count). The van der Waals surface area contributed by atoms with E-state index in [1.807, 2.05) is 0 Å². The number of aromatic nitrogens is 3. The second-order valence-electron chi connectivity index (χ2n) is 15.2. The molecule has 2 aliphatic rings. The maximum absolute atomic E-state index is 5.62. The fourth-order valence-corrected chi connectivity index (χ4v) is 11.1. The van der Waals surface area contributed by atoms with Crippen molar-refractivity contribution < 1.29 is 0 Å². The molecule has 0 radical (unpaired) electrons. The van der Waals surface area contributed by atoms with E-state index in [9.17, 15) is 0 Å². The van der Waals surface area contributed by atoms with Gasteiger partial charge in [-0.05, 0) is 79.9 Å². The Kier molecular flexibility index (Phi) is 6.16. The van der Waals surface area contributed by atoms with Crippen LogP contribution in [0.4, 0.5) is 0 Å². The highest BCUT2D eigenvalue weighted by molar-refractivity contribution is 7.26. The van der Waals surface area contributed by atoms with Crippen molar-refractivity contribution in [2.24, 2.45) is 0 Å². The van der Waals surface area contributed by atoms with Gasteiger partial charge >= 0.3 is 0 Å². The van der Waals surface area contributed by atoms with E-state index in [1.54, 1.807) is 11.3 Å². The second kappa shape index (κ2) is 11.3. The number of benzene rings is 8. The van der Waals surface area contributed by atoms with Crippen LogP contribution in [0.25, 0.3) is 103 Å². The first kappa shape index (κ1) is 30.4. The monoisotopic (exact) mass is 729 g/mol. The average Bonchev–Trinajstić information content (AvgIpc) is 3.92. The van der Waals surface area contributed by atoms with Crippen molar-refractivity contribution in [1.82, 2.24) is 14.5 Å². The van der Waals surface area contributed by atoms with E-state index in [0.29, 0.717) is 5.95 Å². The summed E-state index contributed by atoms with van der Waals surface area (Å²) in [6, 6.07) is 62.1. The molecule has 0 saturated carbocycles. The fraction of sp³-hybridized carbons (Fsp3) is 0.0385. The molecule has 11 aromatic rings. The van der Waals surface area contributed by atoms with Crippen molar-refractivity contribution in [2.75, 3.05) is 0 Å². The summed E-state index contributed by atoms with van der Waals surface area (Å²) in [7, 11) is 0. The van der Waals surface area contributed by atoms with E-state index in [2.05, 4.69) is 174 Å². The van der Waals surface area contributed by atoms with Gasteiger partial charge in [-0.1, -0.05) is 152 Å². The molecule has 3 aromatic heterocycles. The van der Waals surface area contributed by atoms with E-state index in [4.69, 9.17) is 9.97 Å². The summed E-state index contributed by atoms with van der Waals surface area (Å²) in [5.41, 5.74) is 17.4. The molecule has 0 saturated heterocycles. The minimum atomic E-state index is 0.259. The molecular formula is C52H31N3S. The Labute approximate surface area is 326 Å². The van der Waals surface area contributed by atoms with Crippen molar-refractivity contribution in [3.8, 4) is 50.6 Å². The smallest absolute Gasteiger partial charge is 0.235 e. The van der Waals surface area contributed by atoms with Gasteiger partial charge in [0.15, 0.2) is 0 Å². The first-order chi connectivity index (χ1) is 27.8. The maximum Gasteiger partial charge on any atom is 0.235 e. The standard InChI is InChI=1S/C52H31N3S/c1-2-12-30(13-3-1)31-22-24-33(25-23-31)48-51-49(39-19-9-11-21-44(39)56-51)54-52(53-48)55-43-20-10-8-18-37(43)41-29-40-38-27-26-32-14-4-6-16-35(32)45(38)42-28-34-15-5-7-17-36(34)47(46(40)42)50(41)55/h1-27,29,42H,28H2. The lowest BCUT2D eigenvalue weighted by molar-refractivity contribution is 0.822. The highest BCUT2D eigenvalue weighted by Gasteiger charge is 2.39. The molecule has 3 nitrogen and oxygen atoms in total. The van der Waals surface area contributed by atoms with E-state index in [0.717, 1.165) is 38.8 Å². The Morgan fingerprint density at radius 1 is 0.518 bits per heavy atom. The van der Waals surface area contributed by atoms with Crippen LogP contribution in [0.15, 0.2) is 170 Å². The SMILES string of the molecule is c1ccc(-c2ccc(-c3nc(-n4c5ccccc5c5cc6c7c(c54)-c4ccccc4CC7c4c-6ccc5ccccc45)nc4c3sc3ccccc34)cc2)cc1. The third-order valence-corrected chi connectivity index (χ3v) is 13.5. The molecule has 2 aliphatic carbocycles. The van der Waals surface area contributed by atoms with Crippen molar-refractivity contribution in [1.29, 1.82) is 0 Å². The topological polar surface area (TPSA) is 30.7 Å². The minimum Gasteiger partial charge on any atom is -0.277 e. The van der Waals surface area contributed by atoms with E-state index >= 15 is 0 Å². The maximum atomic E-state index is 5.62. The zero-order chi connectivity index (χ0) is 36.5. The van der Waals surface area contributed by atoms with E-state index in [1.165, 1.54) is 81.8 Å². The van der Waals surface area contributed by atoms with Crippen LogP contribution in [0, 0.1) is 0 Å². The lowest BCUT2D eigenvalue weighted by Gasteiger charge is -2.27. The lowest BCUT2D eigenvalue weighted by Crippen LogP contribution is -2.12. The Morgan fingerprint density at radius 3 is 2.12 bits per heavy atom. The minimum absolute atomic E-state index is 0.259. The molecule has 3 heterocycles. The average molecular weight is 730 g/mol. The molecule has 1 atom stereocenters. The van der Waals surface area contributed by atoms with Crippen LogP contribution >= 0.6 is 11.3 Å². The molecule has 8 aromatic carbocycles. The molecular weight excluding hydrogens is 699 g/mol. The van der Waals surface area contributed by atoms with Gasteiger partial charge in [-0.2, -0.15) is 0 Å². The Bertz CT molecular complexity index is 3450. The van der Waals surface area contributed by atoms with Crippen LogP contribution in [0.1, 0.15) is 22.6 Å². The molecule has 4 heteroatoms. The van der Waals surface area contributed by atoms with Crippen LogP contribution in [-0.4, -0.2) is 14.5 Å². The third-order valence-electron chi connectivity index (χ3n) is 12.3. The zero-order valence-corrected chi connectivity index (χ0v) is 31.0. The highest BCUT2D eigenvalue weighted by atomic mass is 32.1. The molecule has 1 unspecified atom stereocenters. The largest absolute Gasteiger partial charge is 0.277 e. The number of para-hydroxylation sites is 1. The first-order valence-electron chi connectivity index (χ1n) is 19.3. The van der Waals surface area contributed by atoms with E-state index < -0.39 is 0 Å². The summed E-state index contributed by atoms with van der Waals surface area (Å²) in [5.74, 6) is 0.959. The molecule has 0 amide bonds. The predicted molar refractivity (Wildman–Crippen MR) is 234 cm³/mol. The number of rotatable bonds is 3. The van der Waals surface area contributed by atoms with E-state index in [-0.39, 0.29) is 5.92 Å². The van der Waals surface area contributed by atoms with Crippen molar-refractivity contribution >= 4 is 64.2 Å². The number of nitrogens with zero attached hydrogens (tertiary/aromatic N) is 3. The van der Waals surface area contributed by atoms with Gasteiger partial charge in [-0.3, -0.25) is 4.57 Å². The van der Waals surface area contributed by atoms with Crippen LogP contribution in [-0.2, 0) is 6.42 Å². The normalized spacial score (nSPS) is 14.2. The van der Waals surface area contributed by atoms with Gasteiger partial charge in [0.05, 0.1) is 26.9 Å². The van der Waals surface area contributed by atoms with Crippen LogP contribution in [0.5, 0.6) is 0 Å². The number of hydrogen-bond donors (Lipinski definition) is 0. The summed E-state index contributed by atoms with van der Waals surface area (Å²) in [5, 5.41) is 6.26. The van der Waals surface area contributed by atoms with Crippen molar-refractivity contribution in [3.05, 3.63) is 187 Å². The summed E-state index contributed by atoms with van der Waals surface area (Å²) in [4.78, 5) is 11.2. The summed E-state index contributed by atoms with van der Waals surface area (Å²) in [6.07, 6.45) is 0.982. The van der Waals surface area contributed by atoms with Gasteiger partial charge in [-0.25, -0.2) is 9.97 Å². The first-order valence-corrected chi connectivity index (χ1v) is 20.2. The predicted octanol–water partition coefficient (Wildman–Crippen LogP) is 13.8. The highest BCUT2D eigenvalue weighted by Crippen LogP contribution is 2.58. The lowest BCUT2D eigenvalue weighted by atomic mass is 9.76. The van der Waals surface area contributed by atoms with Crippen LogP contribution in [0.2, 0.25) is 0 Å². The fourth-order valence-electron chi connectivity index (χ4n) is 9.95. The summed E-state index contributed by atoms with van der Waals surface area (Å²) < 4.78 is 4.71. The molecule has 56 heavy (non-hydrogen) atoms. The summed E-state index contributed by atoms with van der Waals surface area (Å²) >= 11 is 1.78. The molecule has 0 N–H and O–H groups in total. The molecule has 0 spiro atoms. The summed E-state index contributed by atoms with van der Waals surface area (Å²) in [6.45, 7) is 0. The van der Waals surface area contributed by atoms with Crippen molar-refractivity contribution in [3.63, 3.8) is 0 Å². The number of thiophene rings is 1. The van der Waals surface area contributed by atoms with Crippen LogP contribution < -0.4 is 0 Å². The van der Waals surface area contributed by atoms with Gasteiger partial charge in [-0.15, -0.1) is 11.3 Å². The quantitative estimate of drug-likeness (QED) is 0.181. The molecule has 0 fully saturated rings. The number of hydrogen-bond acceptors (Lipinski definition) is 3. The molecule has 0 bridgehead atoms. The van der Waals surface area contributed by atoms with Gasteiger partial charge < -0.3 is 0 Å². The van der Waals surface area contributed by atoms with Gasteiger partial charge in [0, 0.05) is 37.9 Å². The number of fused-ring (bicyclic) bond motifs is 14. The Hall–Kier alpha value is -6.88. The third kappa shape index (κ3) is 4.11. The zero-order valence-electron chi connectivity index (χ0n) is 30.2. The van der Waals surface area contributed by atoms with Gasteiger partial charge in [0.1, 0.15) is 0 Å². The molecule has 0 aliphatic heterocycles. The Morgan fingerprint density at radius 2 is 1.23 bits per heavy atom. The van der Waals surface area contributed by atoms with Crippen molar-refractivity contribution in [2.45, 2.75) is 12.3 Å². The Balaban J connectivity index is 1.15. The molecule has 260 valence electrons. The van der Waals surface area contributed by atoms with Gasteiger partial charge in [0.2, 0.25) is 5.95 Å². The van der Waals surface area contributed by atoms with Crippen LogP contribution in [0.3, 0.4) is 0 Å². The second-order valence-corrected chi connectivity index (χ2v) is 16.3.